The summed E-state index contributed by atoms with van der Waals surface area (Å²) >= 11 is 0. The number of aromatic nitrogens is 2. The van der Waals surface area contributed by atoms with E-state index < -0.39 is 5.60 Å². The number of hydrogen-bond donors (Lipinski definition) is 1. The second-order valence-electron chi connectivity index (χ2n) is 5.75. The van der Waals surface area contributed by atoms with Crippen molar-refractivity contribution < 1.29 is 9.53 Å². The zero-order valence-electron chi connectivity index (χ0n) is 11.6. The van der Waals surface area contributed by atoms with Crippen LogP contribution < -0.4 is 5.73 Å². The Morgan fingerprint density at radius 2 is 2.26 bits per heavy atom. The highest BCUT2D eigenvalue weighted by atomic mass is 16.6. The van der Waals surface area contributed by atoms with Crippen LogP contribution in [0.4, 0.5) is 10.6 Å². The number of nitrogens with two attached hydrogens (primary N) is 1. The molecule has 1 amide bonds. The van der Waals surface area contributed by atoms with Crippen molar-refractivity contribution in [2.75, 3.05) is 18.8 Å². The third-order valence-corrected chi connectivity index (χ3v) is 2.90. The van der Waals surface area contributed by atoms with Crippen LogP contribution in [0, 0.1) is 0 Å². The molecule has 6 nitrogen and oxygen atoms in total. The van der Waals surface area contributed by atoms with Gasteiger partial charge in [-0.1, -0.05) is 0 Å². The van der Waals surface area contributed by atoms with E-state index in [1.54, 1.807) is 17.2 Å². The summed E-state index contributed by atoms with van der Waals surface area (Å²) in [7, 11) is 0. The van der Waals surface area contributed by atoms with Crippen molar-refractivity contribution in [2.45, 2.75) is 38.7 Å². The quantitative estimate of drug-likeness (QED) is 0.836. The van der Waals surface area contributed by atoms with Gasteiger partial charge in [0, 0.05) is 25.2 Å². The zero-order chi connectivity index (χ0) is 14.0. The van der Waals surface area contributed by atoms with Crippen molar-refractivity contribution in [1.82, 2.24) is 14.9 Å². The minimum atomic E-state index is -0.469. The molecule has 0 radical (unpaired) electrons. The van der Waals surface area contributed by atoms with Crippen LogP contribution in [0.1, 0.15) is 38.9 Å². The van der Waals surface area contributed by atoms with E-state index >= 15 is 0 Å². The van der Waals surface area contributed by atoms with E-state index in [0.29, 0.717) is 24.7 Å². The van der Waals surface area contributed by atoms with E-state index in [1.165, 1.54) is 0 Å². The second kappa shape index (κ2) is 5.03. The lowest BCUT2D eigenvalue weighted by Crippen LogP contribution is -2.35. The first-order valence-corrected chi connectivity index (χ1v) is 6.41. The third-order valence-electron chi connectivity index (χ3n) is 2.90. The lowest BCUT2D eigenvalue weighted by Gasteiger charge is -2.24. The molecule has 1 saturated heterocycles. The summed E-state index contributed by atoms with van der Waals surface area (Å²) in [6, 6.07) is 1.66. The molecule has 1 unspecified atom stereocenters. The molecule has 0 saturated carbocycles. The Bertz CT molecular complexity index is 470. The second-order valence-corrected chi connectivity index (χ2v) is 5.75. The molecule has 0 aromatic carbocycles. The predicted octanol–water partition coefficient (Wildman–Crippen LogP) is 1.78. The van der Waals surface area contributed by atoms with E-state index in [1.807, 2.05) is 20.8 Å². The number of carbonyl (C=O) groups is 1. The lowest BCUT2D eigenvalue weighted by molar-refractivity contribution is 0.0292. The predicted molar refractivity (Wildman–Crippen MR) is 71.6 cm³/mol. The Morgan fingerprint density at radius 1 is 1.53 bits per heavy atom. The molecule has 1 aliphatic heterocycles. The smallest absolute Gasteiger partial charge is 0.410 e. The minimum Gasteiger partial charge on any atom is -0.444 e. The highest BCUT2D eigenvalue weighted by Crippen LogP contribution is 2.26. The maximum Gasteiger partial charge on any atom is 0.410 e. The maximum absolute atomic E-state index is 11.9. The fourth-order valence-electron chi connectivity index (χ4n) is 2.05. The Balaban J connectivity index is 1.98. The highest BCUT2D eigenvalue weighted by Gasteiger charge is 2.31. The SMILES string of the molecule is CC(C)(C)OC(=O)N1CCC(c2nccc(N)n2)C1. The summed E-state index contributed by atoms with van der Waals surface area (Å²) in [5.41, 5.74) is 5.18. The number of likely N-dealkylation sites (tertiary alicyclic amines) is 1. The van der Waals surface area contributed by atoms with Crippen molar-refractivity contribution in [2.24, 2.45) is 0 Å². The van der Waals surface area contributed by atoms with Crippen molar-refractivity contribution in [3.8, 4) is 0 Å². The molecule has 0 bridgehead atoms. The van der Waals surface area contributed by atoms with Gasteiger partial charge in [-0.15, -0.1) is 0 Å². The Hall–Kier alpha value is -1.85. The Morgan fingerprint density at radius 3 is 2.89 bits per heavy atom. The Labute approximate surface area is 113 Å². The van der Waals surface area contributed by atoms with Gasteiger partial charge in [0.15, 0.2) is 0 Å². The summed E-state index contributed by atoms with van der Waals surface area (Å²) in [6.07, 6.45) is 2.20. The molecule has 1 aromatic heterocycles. The third kappa shape index (κ3) is 3.56. The van der Waals surface area contributed by atoms with Gasteiger partial charge in [-0.2, -0.15) is 0 Å². The first-order chi connectivity index (χ1) is 8.85. The van der Waals surface area contributed by atoms with Gasteiger partial charge in [0.05, 0.1) is 0 Å². The average molecular weight is 264 g/mol. The normalized spacial score (nSPS) is 19.5. The zero-order valence-corrected chi connectivity index (χ0v) is 11.6. The molecule has 1 aliphatic rings. The highest BCUT2D eigenvalue weighted by molar-refractivity contribution is 5.68. The van der Waals surface area contributed by atoms with E-state index in [9.17, 15) is 4.79 Å². The fraction of sp³-hybridized carbons (Fsp3) is 0.615. The van der Waals surface area contributed by atoms with Crippen LogP contribution in [0.15, 0.2) is 12.3 Å². The molecule has 2 N–H and O–H groups in total. The van der Waals surface area contributed by atoms with Crippen molar-refractivity contribution in [1.29, 1.82) is 0 Å². The van der Waals surface area contributed by atoms with Gasteiger partial charge in [0.2, 0.25) is 0 Å². The van der Waals surface area contributed by atoms with Gasteiger partial charge < -0.3 is 15.4 Å². The van der Waals surface area contributed by atoms with E-state index in [2.05, 4.69) is 9.97 Å². The van der Waals surface area contributed by atoms with E-state index in [0.717, 1.165) is 6.42 Å². The number of rotatable bonds is 1. The summed E-state index contributed by atoms with van der Waals surface area (Å²) in [5, 5.41) is 0. The number of anilines is 1. The summed E-state index contributed by atoms with van der Waals surface area (Å²) in [4.78, 5) is 22.1. The van der Waals surface area contributed by atoms with Gasteiger partial charge in [-0.25, -0.2) is 14.8 Å². The summed E-state index contributed by atoms with van der Waals surface area (Å²) < 4.78 is 5.35. The topological polar surface area (TPSA) is 81.3 Å². The number of ether oxygens (including phenoxy) is 1. The van der Waals surface area contributed by atoms with Crippen molar-refractivity contribution in [3.63, 3.8) is 0 Å². The van der Waals surface area contributed by atoms with Crippen LogP contribution >= 0.6 is 0 Å². The number of carbonyl (C=O) groups excluding carboxylic acids is 1. The summed E-state index contributed by atoms with van der Waals surface area (Å²) in [6.45, 7) is 6.83. The average Bonchev–Trinajstić information content (AvgIpc) is 2.75. The number of amides is 1. The maximum atomic E-state index is 11.9. The Kier molecular flexibility index (Phi) is 3.59. The van der Waals surface area contributed by atoms with Crippen molar-refractivity contribution >= 4 is 11.9 Å². The van der Waals surface area contributed by atoms with Gasteiger partial charge in [0.1, 0.15) is 17.2 Å². The van der Waals surface area contributed by atoms with Crippen LogP contribution in [0.25, 0.3) is 0 Å². The van der Waals surface area contributed by atoms with E-state index in [-0.39, 0.29) is 12.0 Å². The number of nitrogens with zero attached hydrogens (tertiary/aromatic N) is 3. The molecule has 0 spiro atoms. The minimum absolute atomic E-state index is 0.135. The van der Waals surface area contributed by atoms with Crippen molar-refractivity contribution in [3.05, 3.63) is 18.1 Å². The van der Waals surface area contributed by atoms with Crippen LogP contribution in [0.3, 0.4) is 0 Å². The molecule has 19 heavy (non-hydrogen) atoms. The largest absolute Gasteiger partial charge is 0.444 e. The molecule has 1 atom stereocenters. The van der Waals surface area contributed by atoms with Gasteiger partial charge in [0.25, 0.3) is 0 Å². The number of nitrogen functional groups attached to an aromatic ring is 1. The summed E-state index contributed by atoms with van der Waals surface area (Å²) in [5.74, 6) is 1.29. The van der Waals surface area contributed by atoms with Crippen LogP contribution in [0.5, 0.6) is 0 Å². The first-order valence-electron chi connectivity index (χ1n) is 6.41. The van der Waals surface area contributed by atoms with Gasteiger partial charge in [-0.05, 0) is 33.3 Å². The molecule has 2 rings (SSSR count). The first kappa shape index (κ1) is 13.6. The van der Waals surface area contributed by atoms with Gasteiger partial charge >= 0.3 is 6.09 Å². The molecule has 0 aliphatic carbocycles. The van der Waals surface area contributed by atoms with Gasteiger partial charge in [-0.3, -0.25) is 0 Å². The lowest BCUT2D eigenvalue weighted by atomic mass is 10.1. The van der Waals surface area contributed by atoms with E-state index in [4.69, 9.17) is 10.5 Å². The van der Waals surface area contributed by atoms with Crippen LogP contribution in [-0.2, 0) is 4.74 Å². The van der Waals surface area contributed by atoms with Crippen LogP contribution in [0.2, 0.25) is 0 Å². The van der Waals surface area contributed by atoms with Crippen LogP contribution in [-0.4, -0.2) is 39.7 Å². The molecule has 6 heteroatoms. The number of hydrogen-bond acceptors (Lipinski definition) is 5. The molecule has 1 fully saturated rings. The standard InChI is InChI=1S/C13H20N4O2/c1-13(2,3)19-12(18)17-7-5-9(8-17)11-15-6-4-10(14)16-11/h4,6,9H,5,7-8H2,1-3H3,(H2,14,15,16). The molecule has 1 aromatic rings. The molecular formula is C13H20N4O2. The molecular weight excluding hydrogens is 244 g/mol. The monoisotopic (exact) mass is 264 g/mol. The molecule has 104 valence electrons. The molecule has 2 heterocycles. The fourth-order valence-corrected chi connectivity index (χ4v) is 2.05.